The summed E-state index contributed by atoms with van der Waals surface area (Å²) < 4.78 is 0. The highest BCUT2D eigenvalue weighted by Crippen LogP contribution is 2.30. The van der Waals surface area contributed by atoms with Crippen LogP contribution >= 0.6 is 0 Å². The van der Waals surface area contributed by atoms with Crippen LogP contribution in [0.5, 0.6) is 0 Å². The predicted molar refractivity (Wildman–Crippen MR) is 73.9 cm³/mol. The molecule has 20 heavy (non-hydrogen) atoms. The number of carboxylic acid groups (broad SMARTS) is 1. The van der Waals surface area contributed by atoms with Gasteiger partial charge in [-0.2, -0.15) is 0 Å². The maximum absolute atomic E-state index is 12.2. The summed E-state index contributed by atoms with van der Waals surface area (Å²) in [5.74, 6) is -2.41. The van der Waals surface area contributed by atoms with Gasteiger partial charge in [-0.1, -0.05) is 12.8 Å². The first-order valence-electron chi connectivity index (χ1n) is 7.02. The Labute approximate surface area is 119 Å². The third-order valence-electron chi connectivity index (χ3n) is 3.97. The van der Waals surface area contributed by atoms with Gasteiger partial charge in [0.15, 0.2) is 0 Å². The quantitative estimate of drug-likeness (QED) is 0.694. The van der Waals surface area contributed by atoms with Crippen LogP contribution in [0.25, 0.3) is 0 Å². The van der Waals surface area contributed by atoms with Gasteiger partial charge in [0.25, 0.3) is 0 Å². The van der Waals surface area contributed by atoms with Crippen LogP contribution in [0.2, 0.25) is 0 Å². The van der Waals surface area contributed by atoms with E-state index in [1.54, 1.807) is 20.9 Å². The normalized spacial score (nSPS) is 22.9. The summed E-state index contributed by atoms with van der Waals surface area (Å²) in [6, 6.07) is 0. The van der Waals surface area contributed by atoms with Gasteiger partial charge in [0.2, 0.25) is 11.8 Å². The van der Waals surface area contributed by atoms with Crippen molar-refractivity contribution in [3.05, 3.63) is 0 Å². The summed E-state index contributed by atoms with van der Waals surface area (Å²) in [7, 11) is 1.55. The zero-order chi connectivity index (χ0) is 15.3. The van der Waals surface area contributed by atoms with Gasteiger partial charge in [0.05, 0.1) is 17.3 Å². The van der Waals surface area contributed by atoms with E-state index in [2.05, 4.69) is 10.6 Å². The summed E-state index contributed by atoms with van der Waals surface area (Å²) in [6.45, 7) is 3.68. The van der Waals surface area contributed by atoms with Crippen molar-refractivity contribution in [3.63, 3.8) is 0 Å². The van der Waals surface area contributed by atoms with Crippen LogP contribution in [-0.4, -0.2) is 36.5 Å². The molecule has 1 saturated carbocycles. The van der Waals surface area contributed by atoms with Crippen molar-refractivity contribution >= 4 is 17.8 Å². The summed E-state index contributed by atoms with van der Waals surface area (Å²) in [6.07, 6.45) is 2.88. The van der Waals surface area contributed by atoms with Crippen LogP contribution in [0, 0.1) is 17.3 Å². The molecule has 2 amide bonds. The second kappa shape index (κ2) is 6.72. The molecule has 1 aliphatic carbocycles. The van der Waals surface area contributed by atoms with Crippen molar-refractivity contribution in [2.24, 2.45) is 17.3 Å². The SMILES string of the molecule is CNC(=O)C(C)(C)CNC(=O)[C@@H]1CCCC[C@@H]1C(=O)O. The van der Waals surface area contributed by atoms with E-state index in [1.807, 2.05) is 0 Å². The molecule has 1 fully saturated rings. The smallest absolute Gasteiger partial charge is 0.307 e. The molecule has 0 aliphatic heterocycles. The van der Waals surface area contributed by atoms with Crippen molar-refractivity contribution in [2.45, 2.75) is 39.5 Å². The molecule has 0 bridgehead atoms. The summed E-state index contributed by atoms with van der Waals surface area (Å²) in [4.78, 5) is 35.0. The topological polar surface area (TPSA) is 95.5 Å². The van der Waals surface area contributed by atoms with Crippen molar-refractivity contribution in [1.82, 2.24) is 10.6 Å². The zero-order valence-electron chi connectivity index (χ0n) is 12.4. The van der Waals surface area contributed by atoms with Crippen molar-refractivity contribution in [2.75, 3.05) is 13.6 Å². The van der Waals surface area contributed by atoms with E-state index in [4.69, 9.17) is 5.11 Å². The highest BCUT2D eigenvalue weighted by molar-refractivity contribution is 5.86. The first kappa shape index (κ1) is 16.5. The second-order valence-corrected chi connectivity index (χ2v) is 6.02. The summed E-state index contributed by atoms with van der Waals surface area (Å²) in [5, 5.41) is 14.4. The van der Waals surface area contributed by atoms with Gasteiger partial charge < -0.3 is 15.7 Å². The maximum atomic E-state index is 12.2. The molecule has 3 N–H and O–H groups in total. The van der Waals surface area contributed by atoms with Gasteiger partial charge in [0.1, 0.15) is 0 Å². The number of carbonyl (C=O) groups excluding carboxylic acids is 2. The van der Waals surface area contributed by atoms with E-state index in [0.29, 0.717) is 12.8 Å². The number of hydrogen-bond acceptors (Lipinski definition) is 3. The van der Waals surface area contributed by atoms with Gasteiger partial charge in [-0.15, -0.1) is 0 Å². The van der Waals surface area contributed by atoms with Crippen LogP contribution in [0.15, 0.2) is 0 Å². The Balaban J connectivity index is 2.61. The Kier molecular flexibility index (Phi) is 5.53. The Bertz CT molecular complexity index is 393. The van der Waals surface area contributed by atoms with Crippen LogP contribution in [0.4, 0.5) is 0 Å². The van der Waals surface area contributed by atoms with Gasteiger partial charge in [0, 0.05) is 13.6 Å². The van der Waals surface area contributed by atoms with E-state index >= 15 is 0 Å². The number of aliphatic carboxylic acids is 1. The minimum Gasteiger partial charge on any atom is -0.481 e. The first-order chi connectivity index (χ1) is 9.29. The number of carboxylic acids is 1. The molecule has 0 aromatic rings. The molecule has 0 spiro atoms. The fourth-order valence-corrected chi connectivity index (χ4v) is 2.60. The van der Waals surface area contributed by atoms with Crippen molar-refractivity contribution < 1.29 is 19.5 Å². The molecule has 0 saturated heterocycles. The molecule has 0 unspecified atom stereocenters. The van der Waals surface area contributed by atoms with Gasteiger partial charge in [-0.25, -0.2) is 0 Å². The monoisotopic (exact) mass is 284 g/mol. The van der Waals surface area contributed by atoms with Crippen LogP contribution in [0.1, 0.15) is 39.5 Å². The standard InChI is InChI=1S/C14H24N2O4/c1-14(2,13(20)15-3)8-16-11(17)9-6-4-5-7-10(9)12(18)19/h9-10H,4-8H2,1-3H3,(H,15,20)(H,16,17)(H,18,19)/t9-,10+/m1/s1. The number of amides is 2. The number of hydrogen-bond donors (Lipinski definition) is 3. The molecule has 0 aromatic heterocycles. The highest BCUT2D eigenvalue weighted by atomic mass is 16.4. The number of carbonyl (C=O) groups is 3. The Hall–Kier alpha value is -1.59. The van der Waals surface area contributed by atoms with E-state index < -0.39 is 23.2 Å². The lowest BCUT2D eigenvalue weighted by molar-refractivity contribution is -0.149. The van der Waals surface area contributed by atoms with Crippen molar-refractivity contribution in [1.29, 1.82) is 0 Å². The third-order valence-corrected chi connectivity index (χ3v) is 3.97. The highest BCUT2D eigenvalue weighted by Gasteiger charge is 2.36. The molecule has 0 heterocycles. The third kappa shape index (κ3) is 3.95. The molecule has 6 heteroatoms. The predicted octanol–water partition coefficient (Wildman–Crippen LogP) is 0.766. The zero-order valence-corrected chi connectivity index (χ0v) is 12.4. The molecule has 0 aromatic carbocycles. The molecule has 2 atom stereocenters. The maximum Gasteiger partial charge on any atom is 0.307 e. The van der Waals surface area contributed by atoms with E-state index in [1.165, 1.54) is 0 Å². The molecule has 1 rings (SSSR count). The molecule has 0 radical (unpaired) electrons. The van der Waals surface area contributed by atoms with Crippen molar-refractivity contribution in [3.8, 4) is 0 Å². The average molecular weight is 284 g/mol. The Morgan fingerprint density at radius 1 is 1.15 bits per heavy atom. The molecule has 6 nitrogen and oxygen atoms in total. The fraction of sp³-hybridized carbons (Fsp3) is 0.786. The average Bonchev–Trinajstić information content (AvgIpc) is 2.43. The molecule has 114 valence electrons. The summed E-state index contributed by atoms with van der Waals surface area (Å²) in [5.41, 5.74) is -0.711. The van der Waals surface area contributed by atoms with E-state index in [9.17, 15) is 14.4 Å². The van der Waals surface area contributed by atoms with Crippen LogP contribution in [-0.2, 0) is 14.4 Å². The van der Waals surface area contributed by atoms with Gasteiger partial charge >= 0.3 is 5.97 Å². The van der Waals surface area contributed by atoms with Gasteiger partial charge in [-0.3, -0.25) is 14.4 Å². The lowest BCUT2D eigenvalue weighted by atomic mass is 9.78. The lowest BCUT2D eigenvalue weighted by Gasteiger charge is -2.29. The molecular formula is C14H24N2O4. The Morgan fingerprint density at radius 3 is 2.20 bits per heavy atom. The first-order valence-corrected chi connectivity index (χ1v) is 7.02. The van der Waals surface area contributed by atoms with E-state index in [0.717, 1.165) is 12.8 Å². The Morgan fingerprint density at radius 2 is 1.70 bits per heavy atom. The van der Waals surface area contributed by atoms with Gasteiger partial charge in [-0.05, 0) is 26.7 Å². The lowest BCUT2D eigenvalue weighted by Crippen LogP contribution is -2.47. The fourth-order valence-electron chi connectivity index (χ4n) is 2.60. The number of rotatable bonds is 5. The largest absolute Gasteiger partial charge is 0.481 e. The van der Waals surface area contributed by atoms with E-state index in [-0.39, 0.29) is 18.4 Å². The van der Waals surface area contributed by atoms with Crippen LogP contribution < -0.4 is 10.6 Å². The van der Waals surface area contributed by atoms with Crippen LogP contribution in [0.3, 0.4) is 0 Å². The molecule has 1 aliphatic rings. The number of nitrogens with one attached hydrogen (secondary N) is 2. The minimum atomic E-state index is -0.907. The molecular weight excluding hydrogens is 260 g/mol. The minimum absolute atomic E-state index is 0.156. The summed E-state index contributed by atoms with van der Waals surface area (Å²) >= 11 is 0. The second-order valence-electron chi connectivity index (χ2n) is 6.02.